The summed E-state index contributed by atoms with van der Waals surface area (Å²) in [7, 11) is -6.57. The second kappa shape index (κ2) is 8.76. The molecule has 156 valence electrons. The molecule has 0 fully saturated rings. The Bertz CT molecular complexity index is 1230. The molecule has 0 aliphatic rings. The van der Waals surface area contributed by atoms with E-state index in [1.807, 2.05) is 42.5 Å². The molecule has 4 rings (SSSR count). The van der Waals surface area contributed by atoms with Crippen LogP contribution >= 0.6 is 7.26 Å². The van der Waals surface area contributed by atoms with Crippen molar-refractivity contribution in [2.45, 2.75) is 18.0 Å². The van der Waals surface area contributed by atoms with E-state index in [9.17, 15) is 13.0 Å². The van der Waals surface area contributed by atoms with E-state index in [0.717, 1.165) is 22.1 Å². The van der Waals surface area contributed by atoms with Gasteiger partial charge in [-0.2, -0.15) is 8.42 Å². The molecule has 0 spiro atoms. The van der Waals surface area contributed by atoms with Gasteiger partial charge in [0.15, 0.2) is 0 Å². The summed E-state index contributed by atoms with van der Waals surface area (Å²) in [5.41, 5.74) is 2.38. The Kier molecular flexibility index (Phi) is 6.06. The predicted octanol–water partition coefficient (Wildman–Crippen LogP) is 4.74. The van der Waals surface area contributed by atoms with Crippen molar-refractivity contribution in [3.8, 4) is 0 Å². The summed E-state index contributed by atoms with van der Waals surface area (Å²) >= 11 is 0. The Balaban J connectivity index is 2.04. The summed E-state index contributed by atoms with van der Waals surface area (Å²) in [6.45, 7) is 2.07. The summed E-state index contributed by atoms with van der Waals surface area (Å²) < 4.78 is 33.6. The van der Waals surface area contributed by atoms with Crippen molar-refractivity contribution in [3.63, 3.8) is 0 Å². The Morgan fingerprint density at radius 3 is 1.71 bits per heavy atom. The van der Waals surface area contributed by atoms with Crippen molar-refractivity contribution in [2.75, 3.05) is 0 Å². The van der Waals surface area contributed by atoms with Crippen molar-refractivity contribution in [1.82, 2.24) is 0 Å². The molecule has 0 saturated carbocycles. The SMILES string of the molecule is Cc1ccc(C[P+](c2ccccc2)(c2ccccc2)c2cccc(S(=O)(=O)O)c2)cc1. The maximum atomic E-state index is 11.9. The zero-order valence-electron chi connectivity index (χ0n) is 17.2. The van der Waals surface area contributed by atoms with Crippen molar-refractivity contribution in [3.05, 3.63) is 120 Å². The topological polar surface area (TPSA) is 54.4 Å². The van der Waals surface area contributed by atoms with Crippen molar-refractivity contribution < 1.29 is 13.0 Å². The second-order valence-corrected chi connectivity index (χ2v) is 12.5. The Labute approximate surface area is 184 Å². The molecule has 0 aliphatic carbocycles. The van der Waals surface area contributed by atoms with E-state index in [1.165, 1.54) is 17.2 Å². The van der Waals surface area contributed by atoms with Crippen LogP contribution in [0.5, 0.6) is 0 Å². The van der Waals surface area contributed by atoms with Gasteiger partial charge in [-0.3, -0.25) is 4.55 Å². The average Bonchev–Trinajstić information content (AvgIpc) is 2.79. The van der Waals surface area contributed by atoms with Crippen LogP contribution in [0.4, 0.5) is 0 Å². The molecular weight excluding hydrogens is 423 g/mol. The lowest BCUT2D eigenvalue weighted by Crippen LogP contribution is -2.32. The third-order valence-corrected chi connectivity index (χ3v) is 10.7. The van der Waals surface area contributed by atoms with Gasteiger partial charge in [0.05, 0.1) is 11.1 Å². The third kappa shape index (κ3) is 4.47. The van der Waals surface area contributed by atoms with Crippen LogP contribution in [0.3, 0.4) is 0 Å². The van der Waals surface area contributed by atoms with Crippen LogP contribution in [0, 0.1) is 6.92 Å². The highest BCUT2D eigenvalue weighted by Crippen LogP contribution is 2.58. The molecule has 0 atom stereocenters. The van der Waals surface area contributed by atoms with Gasteiger partial charge in [-0.25, -0.2) is 0 Å². The monoisotopic (exact) mass is 447 g/mol. The number of hydrogen-bond donors (Lipinski definition) is 1. The summed E-state index contributed by atoms with van der Waals surface area (Å²) in [5.74, 6) is 0. The number of benzene rings is 4. The normalized spacial score (nSPS) is 11.9. The molecule has 31 heavy (non-hydrogen) atoms. The maximum Gasteiger partial charge on any atom is 0.294 e. The van der Waals surface area contributed by atoms with Crippen LogP contribution in [-0.4, -0.2) is 13.0 Å². The van der Waals surface area contributed by atoms with E-state index >= 15 is 0 Å². The van der Waals surface area contributed by atoms with E-state index in [0.29, 0.717) is 0 Å². The first-order chi connectivity index (χ1) is 14.9. The number of hydrogen-bond acceptors (Lipinski definition) is 2. The standard InChI is InChI=1S/C26H23O3PS/c1-21-15-17-22(18-16-21)20-30(23-9-4-2-5-10-23,24-11-6-3-7-12-24)25-13-8-14-26(19-25)31(27,28)29/h2-19H,20H2,1H3/p+1. The summed E-state index contributed by atoms with van der Waals surface area (Å²) in [6, 6.07) is 35.8. The number of aryl methyl sites for hydroxylation is 1. The maximum absolute atomic E-state index is 11.9. The van der Waals surface area contributed by atoms with E-state index < -0.39 is 17.4 Å². The zero-order chi connectivity index (χ0) is 21.9. The minimum absolute atomic E-state index is 0.0786. The lowest BCUT2D eigenvalue weighted by Gasteiger charge is -2.28. The van der Waals surface area contributed by atoms with E-state index in [4.69, 9.17) is 0 Å². The molecule has 5 heteroatoms. The van der Waals surface area contributed by atoms with Crippen molar-refractivity contribution in [2.24, 2.45) is 0 Å². The first-order valence-corrected chi connectivity index (χ1v) is 13.4. The Morgan fingerprint density at radius 1 is 0.677 bits per heavy atom. The molecule has 0 aromatic heterocycles. The van der Waals surface area contributed by atoms with Crippen molar-refractivity contribution in [1.29, 1.82) is 0 Å². The molecule has 0 unspecified atom stereocenters. The Hall–Kier alpha value is -2.78. The molecule has 0 heterocycles. The highest BCUT2D eigenvalue weighted by molar-refractivity contribution is 7.95. The quantitative estimate of drug-likeness (QED) is 0.343. The lowest BCUT2D eigenvalue weighted by atomic mass is 10.2. The van der Waals surface area contributed by atoms with E-state index in [1.54, 1.807) is 12.1 Å². The van der Waals surface area contributed by atoms with E-state index in [-0.39, 0.29) is 4.90 Å². The van der Waals surface area contributed by atoms with E-state index in [2.05, 4.69) is 55.5 Å². The van der Waals surface area contributed by atoms with Gasteiger partial charge >= 0.3 is 0 Å². The molecule has 0 radical (unpaired) electrons. The molecular formula is C26H24O3PS+. The number of rotatable bonds is 6. The van der Waals surface area contributed by atoms with Crippen molar-refractivity contribution >= 4 is 33.3 Å². The highest BCUT2D eigenvalue weighted by atomic mass is 32.2. The molecule has 0 bridgehead atoms. The van der Waals surface area contributed by atoms with Crippen LogP contribution in [0.1, 0.15) is 11.1 Å². The minimum Gasteiger partial charge on any atom is -0.282 e. The third-order valence-electron chi connectivity index (χ3n) is 5.49. The fraction of sp³-hybridized carbons (Fsp3) is 0.0769. The molecule has 0 saturated heterocycles. The van der Waals surface area contributed by atoms with Crippen LogP contribution < -0.4 is 15.9 Å². The first kappa shape index (κ1) is 21.5. The van der Waals surface area contributed by atoms with Crippen LogP contribution in [0.2, 0.25) is 0 Å². The summed E-state index contributed by atoms with van der Waals surface area (Å²) in [5, 5.41) is 3.24. The van der Waals surface area contributed by atoms with Gasteiger partial charge in [-0.1, -0.05) is 72.3 Å². The van der Waals surface area contributed by atoms with Gasteiger partial charge in [0.2, 0.25) is 0 Å². The first-order valence-electron chi connectivity index (χ1n) is 10.0. The summed E-state index contributed by atoms with van der Waals surface area (Å²) in [6.07, 6.45) is 0.746. The van der Waals surface area contributed by atoms with Crippen LogP contribution in [-0.2, 0) is 16.3 Å². The molecule has 4 aromatic carbocycles. The van der Waals surface area contributed by atoms with Gasteiger partial charge in [0, 0.05) is 6.07 Å². The second-order valence-electron chi connectivity index (χ2n) is 7.60. The predicted molar refractivity (Wildman–Crippen MR) is 130 cm³/mol. The average molecular weight is 448 g/mol. The van der Waals surface area contributed by atoms with Gasteiger partial charge in [0.1, 0.15) is 23.2 Å². The Morgan fingerprint density at radius 2 is 1.19 bits per heavy atom. The van der Waals surface area contributed by atoms with Gasteiger partial charge < -0.3 is 0 Å². The molecule has 1 N–H and O–H groups in total. The molecule has 3 nitrogen and oxygen atoms in total. The van der Waals surface area contributed by atoms with Gasteiger partial charge in [0.25, 0.3) is 10.1 Å². The summed E-state index contributed by atoms with van der Waals surface area (Å²) in [4.78, 5) is -0.0786. The minimum atomic E-state index is -4.31. The van der Waals surface area contributed by atoms with Crippen LogP contribution in [0.15, 0.2) is 114 Å². The molecule has 0 amide bonds. The fourth-order valence-electron chi connectivity index (χ4n) is 3.93. The van der Waals surface area contributed by atoms with Gasteiger partial charge in [-0.15, -0.1) is 0 Å². The smallest absolute Gasteiger partial charge is 0.282 e. The zero-order valence-corrected chi connectivity index (χ0v) is 18.9. The molecule has 4 aromatic rings. The largest absolute Gasteiger partial charge is 0.294 e. The molecule has 0 aliphatic heterocycles. The van der Waals surface area contributed by atoms with Crippen LogP contribution in [0.25, 0.3) is 0 Å². The van der Waals surface area contributed by atoms with Gasteiger partial charge in [-0.05, 0) is 48.9 Å². The lowest BCUT2D eigenvalue weighted by molar-refractivity contribution is 0.483. The highest BCUT2D eigenvalue weighted by Gasteiger charge is 2.45. The fourth-order valence-corrected chi connectivity index (χ4v) is 8.81.